The third kappa shape index (κ3) is 5.47. The summed E-state index contributed by atoms with van der Waals surface area (Å²) in [6, 6.07) is 16.3. The summed E-state index contributed by atoms with van der Waals surface area (Å²) in [4.78, 5) is 6.42. The first kappa shape index (κ1) is 24.5. The number of nitrogens with zero attached hydrogens (tertiary/aromatic N) is 3. The normalized spacial score (nSPS) is 19.1. The van der Waals surface area contributed by atoms with E-state index in [1.165, 1.54) is 24.8 Å². The van der Waals surface area contributed by atoms with Gasteiger partial charge in [0.25, 0.3) is 0 Å². The van der Waals surface area contributed by atoms with Gasteiger partial charge in [-0.05, 0) is 62.4 Å². The van der Waals surface area contributed by atoms with Crippen LogP contribution in [0.2, 0.25) is 0 Å². The van der Waals surface area contributed by atoms with Crippen molar-refractivity contribution in [3.05, 3.63) is 64.3 Å². The van der Waals surface area contributed by atoms with E-state index in [-0.39, 0.29) is 0 Å². The molecule has 3 aromatic rings. The van der Waals surface area contributed by atoms with Crippen LogP contribution in [0.4, 0.5) is 5.69 Å². The Morgan fingerprint density at radius 3 is 2.11 bits per heavy atom. The Bertz CT molecular complexity index is 1290. The SMILES string of the molecule is Cc1ccc(N=c2scc(-c3ccc(S(=O)(=O)N4CCCCCC4)cc3)n2C2CCCCC2)cc1. The van der Waals surface area contributed by atoms with E-state index in [0.29, 0.717) is 24.0 Å². The monoisotopic (exact) mass is 509 g/mol. The van der Waals surface area contributed by atoms with Gasteiger partial charge >= 0.3 is 0 Å². The first-order valence-electron chi connectivity index (χ1n) is 12.9. The molecule has 2 aromatic carbocycles. The highest BCUT2D eigenvalue weighted by Gasteiger charge is 2.26. The number of hydrogen-bond donors (Lipinski definition) is 0. The fraction of sp³-hybridized carbons (Fsp3) is 0.464. The van der Waals surface area contributed by atoms with E-state index in [0.717, 1.165) is 60.3 Å². The predicted molar refractivity (Wildman–Crippen MR) is 143 cm³/mol. The van der Waals surface area contributed by atoms with Crippen molar-refractivity contribution in [1.82, 2.24) is 8.87 Å². The van der Waals surface area contributed by atoms with Crippen LogP contribution in [0, 0.1) is 6.92 Å². The summed E-state index contributed by atoms with van der Waals surface area (Å²) in [5, 5.41) is 2.18. The fourth-order valence-corrected chi connectivity index (χ4v) is 7.77. The van der Waals surface area contributed by atoms with Gasteiger partial charge in [-0.3, -0.25) is 0 Å². The average molecular weight is 510 g/mol. The molecule has 0 bridgehead atoms. The maximum absolute atomic E-state index is 13.2. The zero-order valence-corrected chi connectivity index (χ0v) is 22.2. The highest BCUT2D eigenvalue weighted by Crippen LogP contribution is 2.33. The van der Waals surface area contributed by atoms with Gasteiger partial charge in [0, 0.05) is 24.5 Å². The molecule has 5 nitrogen and oxygen atoms in total. The van der Waals surface area contributed by atoms with Crippen LogP contribution in [0.5, 0.6) is 0 Å². The van der Waals surface area contributed by atoms with Crippen molar-refractivity contribution in [2.24, 2.45) is 4.99 Å². The van der Waals surface area contributed by atoms with E-state index in [1.54, 1.807) is 27.8 Å². The molecule has 1 saturated carbocycles. The maximum atomic E-state index is 13.2. The average Bonchev–Trinajstić information content (AvgIpc) is 3.09. The number of rotatable bonds is 5. The van der Waals surface area contributed by atoms with Crippen molar-refractivity contribution in [2.45, 2.75) is 75.6 Å². The van der Waals surface area contributed by atoms with Gasteiger partial charge in [-0.2, -0.15) is 4.31 Å². The van der Waals surface area contributed by atoms with Crippen molar-refractivity contribution >= 4 is 27.0 Å². The second kappa shape index (κ2) is 10.8. The van der Waals surface area contributed by atoms with E-state index in [2.05, 4.69) is 41.1 Å². The number of aryl methyl sites for hydroxylation is 1. The first-order valence-corrected chi connectivity index (χ1v) is 15.3. The topological polar surface area (TPSA) is 54.7 Å². The summed E-state index contributed by atoms with van der Waals surface area (Å²) in [5.74, 6) is 0. The van der Waals surface area contributed by atoms with Crippen molar-refractivity contribution in [3.63, 3.8) is 0 Å². The van der Waals surface area contributed by atoms with Gasteiger partial charge in [-0.1, -0.05) is 61.9 Å². The van der Waals surface area contributed by atoms with Crippen molar-refractivity contribution in [1.29, 1.82) is 0 Å². The van der Waals surface area contributed by atoms with E-state index in [1.807, 2.05) is 12.1 Å². The summed E-state index contributed by atoms with van der Waals surface area (Å²) in [7, 11) is -3.44. The molecule has 0 unspecified atom stereocenters. The highest BCUT2D eigenvalue weighted by atomic mass is 32.2. The zero-order valence-electron chi connectivity index (χ0n) is 20.5. The third-order valence-electron chi connectivity index (χ3n) is 7.29. The van der Waals surface area contributed by atoms with Crippen LogP contribution >= 0.6 is 11.3 Å². The van der Waals surface area contributed by atoms with E-state index >= 15 is 0 Å². The number of hydrogen-bond acceptors (Lipinski definition) is 4. The van der Waals surface area contributed by atoms with Crippen LogP contribution in [0.25, 0.3) is 11.3 Å². The molecule has 0 spiro atoms. The van der Waals surface area contributed by atoms with Gasteiger partial charge in [0.1, 0.15) is 0 Å². The lowest BCUT2D eigenvalue weighted by Crippen LogP contribution is -2.31. The molecule has 2 aliphatic rings. The largest absolute Gasteiger partial charge is 0.313 e. The molecule has 2 fully saturated rings. The predicted octanol–water partition coefficient (Wildman–Crippen LogP) is 6.83. The minimum Gasteiger partial charge on any atom is -0.313 e. The Hall–Kier alpha value is -2.22. The second-order valence-corrected chi connectivity index (χ2v) is 12.6. The van der Waals surface area contributed by atoms with E-state index < -0.39 is 10.0 Å². The molecule has 186 valence electrons. The molecule has 2 heterocycles. The van der Waals surface area contributed by atoms with Crippen LogP contribution in [0.15, 0.2) is 63.8 Å². The fourth-order valence-electron chi connectivity index (χ4n) is 5.26. The maximum Gasteiger partial charge on any atom is 0.243 e. The molecule has 35 heavy (non-hydrogen) atoms. The molecule has 0 atom stereocenters. The van der Waals surface area contributed by atoms with Gasteiger partial charge in [-0.15, -0.1) is 11.3 Å². The van der Waals surface area contributed by atoms with Crippen molar-refractivity contribution < 1.29 is 8.42 Å². The molecule has 1 aliphatic carbocycles. The van der Waals surface area contributed by atoms with E-state index in [4.69, 9.17) is 4.99 Å². The van der Waals surface area contributed by atoms with Crippen LogP contribution in [0.1, 0.15) is 69.4 Å². The summed E-state index contributed by atoms with van der Waals surface area (Å²) < 4.78 is 30.6. The number of sulfonamides is 1. The van der Waals surface area contributed by atoms with Crippen LogP contribution < -0.4 is 4.80 Å². The molecule has 7 heteroatoms. The third-order valence-corrected chi connectivity index (χ3v) is 10.0. The molecular formula is C28H35N3O2S2. The minimum atomic E-state index is -3.44. The molecular weight excluding hydrogens is 474 g/mol. The van der Waals surface area contributed by atoms with E-state index in [9.17, 15) is 8.42 Å². The standard InChI is InChI=1S/C28H35N3O2S2/c1-22-11-15-24(16-12-22)29-28-31(25-9-5-4-6-10-25)27(21-34-28)23-13-17-26(18-14-23)35(32,33)30-19-7-2-3-8-20-30/h11-18,21,25H,2-10,19-20H2,1H3. The molecule has 0 amide bonds. The molecule has 1 saturated heterocycles. The lowest BCUT2D eigenvalue weighted by Gasteiger charge is -2.25. The lowest BCUT2D eigenvalue weighted by molar-refractivity contribution is 0.351. The van der Waals surface area contributed by atoms with Crippen LogP contribution in [-0.4, -0.2) is 30.4 Å². The van der Waals surface area contributed by atoms with Crippen LogP contribution in [-0.2, 0) is 10.0 Å². The van der Waals surface area contributed by atoms with Gasteiger partial charge in [-0.25, -0.2) is 13.4 Å². The van der Waals surface area contributed by atoms with Gasteiger partial charge in [0.15, 0.2) is 4.80 Å². The molecule has 1 aromatic heterocycles. The minimum absolute atomic E-state index is 0.396. The summed E-state index contributed by atoms with van der Waals surface area (Å²) in [6.07, 6.45) is 10.2. The highest BCUT2D eigenvalue weighted by molar-refractivity contribution is 7.89. The van der Waals surface area contributed by atoms with Crippen LogP contribution in [0.3, 0.4) is 0 Å². The number of aromatic nitrogens is 1. The summed E-state index contributed by atoms with van der Waals surface area (Å²) in [6.45, 7) is 3.34. The molecule has 0 radical (unpaired) electrons. The summed E-state index contributed by atoms with van der Waals surface area (Å²) >= 11 is 1.67. The second-order valence-electron chi connectivity index (χ2n) is 9.86. The van der Waals surface area contributed by atoms with Gasteiger partial charge in [0.05, 0.1) is 16.3 Å². The Labute approximate surface area is 213 Å². The Morgan fingerprint density at radius 2 is 1.46 bits per heavy atom. The van der Waals surface area contributed by atoms with Gasteiger partial charge < -0.3 is 4.57 Å². The molecule has 1 aliphatic heterocycles. The zero-order chi connectivity index (χ0) is 24.3. The molecule has 0 N–H and O–H groups in total. The Morgan fingerprint density at radius 1 is 0.829 bits per heavy atom. The van der Waals surface area contributed by atoms with Gasteiger partial charge in [0.2, 0.25) is 10.0 Å². The van der Waals surface area contributed by atoms with Crippen molar-refractivity contribution in [3.8, 4) is 11.3 Å². The smallest absolute Gasteiger partial charge is 0.243 e. The first-order chi connectivity index (χ1) is 17.0. The number of thiazole rings is 1. The van der Waals surface area contributed by atoms with Crippen molar-refractivity contribution in [2.75, 3.05) is 13.1 Å². The molecule has 5 rings (SSSR count). The quantitative estimate of drug-likeness (QED) is 0.379. The Balaban J connectivity index is 1.50. The summed E-state index contributed by atoms with van der Waals surface area (Å²) in [5.41, 5.74) is 4.37. The lowest BCUT2D eigenvalue weighted by atomic mass is 9.95. The Kier molecular flexibility index (Phi) is 7.56. The number of benzene rings is 2.